The van der Waals surface area contributed by atoms with Crippen LogP contribution in [0.25, 0.3) is 11.1 Å². The van der Waals surface area contributed by atoms with E-state index in [1.807, 2.05) is 0 Å². The summed E-state index contributed by atoms with van der Waals surface area (Å²) in [4.78, 5) is 11.4. The van der Waals surface area contributed by atoms with Crippen molar-refractivity contribution >= 4 is 5.91 Å². The summed E-state index contributed by atoms with van der Waals surface area (Å²) in [5.41, 5.74) is 4.97. The Balaban J connectivity index is 2.15. The average Bonchev–Trinajstić information content (AvgIpc) is 2.45. The smallest absolute Gasteiger partial charge is 0.409 e. The number of nitrogens with two attached hydrogens (primary N) is 1. The first-order valence-electron chi connectivity index (χ1n) is 6.38. The van der Waals surface area contributed by atoms with E-state index in [1.54, 1.807) is 12.1 Å². The lowest BCUT2D eigenvalue weighted by Crippen LogP contribution is -2.41. The fourth-order valence-electron chi connectivity index (χ4n) is 2.32. The maximum absolute atomic E-state index is 13.8. The van der Waals surface area contributed by atoms with Crippen molar-refractivity contribution in [2.75, 3.05) is 0 Å². The summed E-state index contributed by atoms with van der Waals surface area (Å²) < 4.78 is 61.0. The molecule has 0 aromatic heterocycles. The summed E-state index contributed by atoms with van der Waals surface area (Å²) in [6, 6.07) is 9.23. The lowest BCUT2D eigenvalue weighted by molar-refractivity contribution is -0.461. The first-order valence-corrected chi connectivity index (χ1v) is 6.38. The molecule has 0 saturated carbocycles. The molecule has 1 heterocycles. The van der Waals surface area contributed by atoms with Gasteiger partial charge < -0.3 is 10.5 Å². The number of halogens is 4. The van der Waals surface area contributed by atoms with E-state index < -0.39 is 29.6 Å². The predicted octanol–water partition coefficient (Wildman–Crippen LogP) is 3.46. The number of alkyl halides is 4. The number of amides is 1. The van der Waals surface area contributed by atoms with Crippen LogP contribution in [0.15, 0.2) is 42.5 Å². The molecule has 2 aromatic carbocycles. The molecule has 2 aromatic rings. The van der Waals surface area contributed by atoms with Gasteiger partial charge in [0.2, 0.25) is 5.91 Å². The van der Waals surface area contributed by atoms with Crippen LogP contribution < -0.4 is 10.5 Å². The Bertz CT molecular complexity index is 792. The Hall–Kier alpha value is -2.61. The Morgan fingerprint density at radius 3 is 2.43 bits per heavy atom. The normalized spacial score (nSPS) is 17.9. The van der Waals surface area contributed by atoms with Crippen molar-refractivity contribution in [1.29, 1.82) is 0 Å². The van der Waals surface area contributed by atoms with Gasteiger partial charge in [0.15, 0.2) is 0 Å². The van der Waals surface area contributed by atoms with Gasteiger partial charge >= 0.3 is 12.4 Å². The minimum atomic E-state index is -4.43. The van der Waals surface area contributed by atoms with Crippen LogP contribution in [0.2, 0.25) is 0 Å². The molecule has 8 heteroatoms. The highest BCUT2D eigenvalue weighted by Gasteiger charge is 2.54. The molecule has 0 unspecified atom stereocenters. The van der Waals surface area contributed by atoms with Gasteiger partial charge in [-0.15, -0.1) is 8.78 Å². The fourth-order valence-corrected chi connectivity index (χ4v) is 2.32. The first kappa shape index (κ1) is 15.3. The number of hydrogen-bond donors (Lipinski definition) is 1. The largest absolute Gasteiger partial charge is 0.540 e. The summed E-state index contributed by atoms with van der Waals surface area (Å²) in [5.74, 6) is -1.45. The number of primary amides is 1. The SMILES string of the molecule is NC(=O)c1ccccc1-c1ccc2c(c1)C(F)(F)OC(F)(F)O2. The van der Waals surface area contributed by atoms with Crippen molar-refractivity contribution in [2.45, 2.75) is 12.4 Å². The zero-order valence-corrected chi connectivity index (χ0v) is 11.4. The van der Waals surface area contributed by atoms with Gasteiger partial charge in [0, 0.05) is 5.56 Å². The van der Waals surface area contributed by atoms with E-state index >= 15 is 0 Å². The number of benzene rings is 2. The number of ether oxygens (including phenoxy) is 2. The minimum Gasteiger partial charge on any atom is -0.409 e. The molecule has 0 radical (unpaired) electrons. The van der Waals surface area contributed by atoms with Crippen molar-refractivity contribution in [3.63, 3.8) is 0 Å². The van der Waals surface area contributed by atoms with E-state index in [1.165, 1.54) is 18.2 Å². The van der Waals surface area contributed by atoms with Gasteiger partial charge in [-0.3, -0.25) is 4.79 Å². The van der Waals surface area contributed by atoms with E-state index in [2.05, 4.69) is 9.47 Å². The fraction of sp³-hybridized carbons (Fsp3) is 0.133. The van der Waals surface area contributed by atoms with Gasteiger partial charge in [-0.25, -0.2) is 4.74 Å². The van der Waals surface area contributed by atoms with Crippen LogP contribution in [0.3, 0.4) is 0 Å². The maximum Gasteiger partial charge on any atom is 0.540 e. The van der Waals surface area contributed by atoms with Crippen LogP contribution >= 0.6 is 0 Å². The van der Waals surface area contributed by atoms with Gasteiger partial charge in [-0.2, -0.15) is 8.78 Å². The molecule has 0 aliphatic carbocycles. The highest BCUT2D eigenvalue weighted by atomic mass is 19.3. The molecule has 4 nitrogen and oxygen atoms in total. The molecular weight excluding hydrogens is 318 g/mol. The maximum atomic E-state index is 13.8. The van der Waals surface area contributed by atoms with Crippen molar-refractivity contribution < 1.29 is 31.8 Å². The van der Waals surface area contributed by atoms with Crippen molar-refractivity contribution in [3.05, 3.63) is 53.6 Å². The molecule has 2 N–H and O–H groups in total. The van der Waals surface area contributed by atoms with Gasteiger partial charge in [-0.1, -0.05) is 24.3 Å². The number of carbonyl (C=O) groups excluding carboxylic acids is 1. The van der Waals surface area contributed by atoms with Gasteiger partial charge in [-0.05, 0) is 29.3 Å². The van der Waals surface area contributed by atoms with Crippen LogP contribution in [0.4, 0.5) is 17.6 Å². The second kappa shape index (κ2) is 4.95. The Labute approximate surface area is 127 Å². The van der Waals surface area contributed by atoms with E-state index in [4.69, 9.17) is 5.73 Å². The zero-order chi connectivity index (χ0) is 16.8. The number of rotatable bonds is 2. The summed E-state index contributed by atoms with van der Waals surface area (Å²) in [7, 11) is 0. The van der Waals surface area contributed by atoms with Gasteiger partial charge in [0.25, 0.3) is 0 Å². The molecule has 3 rings (SSSR count). The molecule has 0 atom stereocenters. The molecular formula is C15H9F4NO3. The second-order valence-corrected chi connectivity index (χ2v) is 4.81. The lowest BCUT2D eigenvalue weighted by atomic mass is 9.97. The van der Waals surface area contributed by atoms with Crippen molar-refractivity contribution in [3.8, 4) is 16.9 Å². The van der Waals surface area contributed by atoms with E-state index in [0.717, 1.165) is 12.1 Å². The molecule has 0 fully saturated rings. The standard InChI is InChI=1S/C15H9F4NO3/c16-14(17)11-7-8(5-6-12(11)22-15(18,19)23-14)9-3-1-2-4-10(9)13(20)21/h1-7H,(H2,20,21). The van der Waals surface area contributed by atoms with Crippen molar-refractivity contribution in [1.82, 2.24) is 0 Å². The zero-order valence-electron chi connectivity index (χ0n) is 11.4. The molecule has 23 heavy (non-hydrogen) atoms. The third-order valence-corrected chi connectivity index (χ3v) is 3.27. The summed E-state index contributed by atoms with van der Waals surface area (Å²) in [6.07, 6.45) is -8.67. The average molecular weight is 327 g/mol. The number of carbonyl (C=O) groups is 1. The summed E-state index contributed by atoms with van der Waals surface area (Å²) in [5, 5.41) is 0. The molecule has 0 spiro atoms. The molecule has 1 aliphatic heterocycles. The second-order valence-electron chi connectivity index (χ2n) is 4.81. The highest BCUT2D eigenvalue weighted by Crippen LogP contribution is 2.47. The molecule has 120 valence electrons. The third kappa shape index (κ3) is 2.72. The molecule has 0 bridgehead atoms. The third-order valence-electron chi connectivity index (χ3n) is 3.27. The van der Waals surface area contributed by atoms with Gasteiger partial charge in [0.1, 0.15) is 5.75 Å². The van der Waals surface area contributed by atoms with E-state index in [0.29, 0.717) is 0 Å². The predicted molar refractivity (Wildman–Crippen MR) is 70.9 cm³/mol. The molecule has 1 amide bonds. The van der Waals surface area contributed by atoms with Crippen LogP contribution in [-0.2, 0) is 10.8 Å². The van der Waals surface area contributed by atoms with Crippen LogP contribution in [0.1, 0.15) is 15.9 Å². The Morgan fingerprint density at radius 2 is 1.74 bits per heavy atom. The highest BCUT2D eigenvalue weighted by molar-refractivity contribution is 5.99. The van der Waals surface area contributed by atoms with Gasteiger partial charge in [0.05, 0.1) is 5.56 Å². The molecule has 0 saturated heterocycles. The minimum absolute atomic E-state index is 0.110. The first-order chi connectivity index (χ1) is 10.7. The summed E-state index contributed by atoms with van der Waals surface area (Å²) >= 11 is 0. The Kier molecular flexibility index (Phi) is 3.29. The monoisotopic (exact) mass is 327 g/mol. The quantitative estimate of drug-likeness (QED) is 0.859. The topological polar surface area (TPSA) is 61.6 Å². The van der Waals surface area contributed by atoms with E-state index in [9.17, 15) is 22.4 Å². The lowest BCUT2D eigenvalue weighted by Gasteiger charge is -2.30. The van der Waals surface area contributed by atoms with E-state index in [-0.39, 0.29) is 16.7 Å². The number of fused-ring (bicyclic) bond motifs is 1. The van der Waals surface area contributed by atoms with Crippen LogP contribution in [0.5, 0.6) is 5.75 Å². The van der Waals surface area contributed by atoms with Crippen LogP contribution in [-0.4, -0.2) is 12.2 Å². The number of hydrogen-bond acceptors (Lipinski definition) is 3. The van der Waals surface area contributed by atoms with Crippen LogP contribution in [0, 0.1) is 0 Å². The van der Waals surface area contributed by atoms with Crippen molar-refractivity contribution in [2.24, 2.45) is 5.73 Å². The Morgan fingerprint density at radius 1 is 1.04 bits per heavy atom. The summed E-state index contributed by atoms with van der Waals surface area (Å²) in [6.45, 7) is 0. The molecule has 1 aliphatic rings.